The molecule has 0 atom stereocenters. The molecule has 148 valence electrons. The molecule has 1 aromatic carbocycles. The Hall–Kier alpha value is -3.40. The molecule has 1 amide bonds. The number of fused-ring (bicyclic) bond motifs is 1. The van der Waals surface area contributed by atoms with Gasteiger partial charge in [0.05, 0.1) is 17.8 Å². The van der Waals surface area contributed by atoms with Gasteiger partial charge in [0.25, 0.3) is 5.91 Å². The summed E-state index contributed by atoms with van der Waals surface area (Å²) < 4.78 is 45.0. The Morgan fingerprint density at radius 2 is 1.97 bits per heavy atom. The van der Waals surface area contributed by atoms with Crippen LogP contribution in [0.25, 0.3) is 4.96 Å². The maximum absolute atomic E-state index is 12.6. The zero-order valence-corrected chi connectivity index (χ0v) is 15.5. The average Bonchev–Trinajstić information content (AvgIpc) is 3.28. The minimum absolute atomic E-state index is 0.0231. The number of carbonyl (C=O) groups is 1. The standard InChI is InChI=1S/C19H13F3N4O2S/c20-19(21,22)13-3-6-16(23-9-13)28-15-4-1-12(2-5-15)17(27)24-10-14-11-26-7-8-29-18(26)25-14/h1-9,11H,10H2,(H,24,27). The molecule has 4 aromatic rings. The lowest BCUT2D eigenvalue weighted by Gasteiger charge is -2.08. The van der Waals surface area contributed by atoms with Gasteiger partial charge in [-0.05, 0) is 30.3 Å². The van der Waals surface area contributed by atoms with E-state index in [0.717, 1.165) is 22.8 Å². The van der Waals surface area contributed by atoms with E-state index in [9.17, 15) is 18.0 Å². The van der Waals surface area contributed by atoms with Crippen LogP contribution in [0.2, 0.25) is 0 Å². The molecular formula is C19H13F3N4O2S. The summed E-state index contributed by atoms with van der Waals surface area (Å²) in [6, 6.07) is 8.23. The summed E-state index contributed by atoms with van der Waals surface area (Å²) in [5.74, 6) is 0.0960. The fourth-order valence-electron chi connectivity index (χ4n) is 2.54. The average molecular weight is 418 g/mol. The number of amides is 1. The Balaban J connectivity index is 1.35. The van der Waals surface area contributed by atoms with Crippen molar-refractivity contribution in [2.24, 2.45) is 0 Å². The van der Waals surface area contributed by atoms with Crippen molar-refractivity contribution >= 4 is 22.2 Å². The molecular weight excluding hydrogens is 405 g/mol. The van der Waals surface area contributed by atoms with Crippen molar-refractivity contribution in [1.82, 2.24) is 19.7 Å². The van der Waals surface area contributed by atoms with Crippen LogP contribution in [-0.4, -0.2) is 20.3 Å². The monoisotopic (exact) mass is 418 g/mol. The highest BCUT2D eigenvalue weighted by Crippen LogP contribution is 2.30. The number of rotatable bonds is 5. The van der Waals surface area contributed by atoms with E-state index in [-0.39, 0.29) is 11.8 Å². The molecule has 0 saturated carbocycles. The topological polar surface area (TPSA) is 68.5 Å². The highest BCUT2D eigenvalue weighted by Gasteiger charge is 2.30. The second-order valence-corrected chi connectivity index (χ2v) is 6.89. The first-order valence-corrected chi connectivity index (χ1v) is 9.27. The van der Waals surface area contributed by atoms with Crippen molar-refractivity contribution in [3.05, 3.63) is 77.2 Å². The number of benzene rings is 1. The van der Waals surface area contributed by atoms with Gasteiger partial charge in [0.15, 0.2) is 4.96 Å². The Bertz CT molecular complexity index is 1110. The molecule has 0 fully saturated rings. The van der Waals surface area contributed by atoms with Crippen molar-refractivity contribution in [2.75, 3.05) is 0 Å². The maximum atomic E-state index is 12.6. The number of ether oxygens (including phenoxy) is 1. The van der Waals surface area contributed by atoms with Gasteiger partial charge in [-0.1, -0.05) is 0 Å². The van der Waals surface area contributed by atoms with Gasteiger partial charge in [-0.25, -0.2) is 9.97 Å². The molecule has 0 aliphatic carbocycles. The van der Waals surface area contributed by atoms with Gasteiger partial charge in [0, 0.05) is 35.6 Å². The number of halogens is 3. The number of carbonyl (C=O) groups excluding carboxylic acids is 1. The number of nitrogens with one attached hydrogen (secondary N) is 1. The second-order valence-electron chi connectivity index (χ2n) is 6.02. The molecule has 0 saturated heterocycles. The van der Waals surface area contributed by atoms with Crippen molar-refractivity contribution in [2.45, 2.75) is 12.7 Å². The fraction of sp³-hybridized carbons (Fsp3) is 0.105. The van der Waals surface area contributed by atoms with Crippen molar-refractivity contribution in [3.63, 3.8) is 0 Å². The number of nitrogens with zero attached hydrogens (tertiary/aromatic N) is 3. The summed E-state index contributed by atoms with van der Waals surface area (Å²) in [4.78, 5) is 21.2. The molecule has 0 aliphatic heterocycles. The Kier molecular flexibility index (Phi) is 4.93. The molecule has 29 heavy (non-hydrogen) atoms. The summed E-state index contributed by atoms with van der Waals surface area (Å²) in [5.41, 5.74) is 0.312. The van der Waals surface area contributed by atoms with E-state index < -0.39 is 11.7 Å². The molecule has 0 aliphatic rings. The molecule has 0 unspecified atom stereocenters. The molecule has 1 N–H and O–H groups in total. The van der Waals surface area contributed by atoms with Gasteiger partial charge in [-0.2, -0.15) is 13.2 Å². The van der Waals surface area contributed by atoms with Crippen LogP contribution in [0.1, 0.15) is 21.6 Å². The summed E-state index contributed by atoms with van der Waals surface area (Å²) >= 11 is 1.51. The number of alkyl halides is 3. The first-order chi connectivity index (χ1) is 13.9. The van der Waals surface area contributed by atoms with Gasteiger partial charge >= 0.3 is 6.18 Å². The zero-order valence-electron chi connectivity index (χ0n) is 14.7. The predicted octanol–water partition coefficient (Wildman–Crippen LogP) is 4.53. The first-order valence-electron chi connectivity index (χ1n) is 8.39. The van der Waals surface area contributed by atoms with Crippen molar-refractivity contribution in [1.29, 1.82) is 0 Å². The van der Waals surface area contributed by atoms with Gasteiger partial charge in [0.2, 0.25) is 5.88 Å². The molecule has 0 radical (unpaired) electrons. The predicted molar refractivity (Wildman–Crippen MR) is 100.0 cm³/mol. The highest BCUT2D eigenvalue weighted by molar-refractivity contribution is 7.15. The van der Waals surface area contributed by atoms with E-state index in [1.165, 1.54) is 11.3 Å². The third kappa shape index (κ3) is 4.37. The van der Waals surface area contributed by atoms with E-state index in [1.807, 2.05) is 22.2 Å². The third-order valence-corrected chi connectivity index (χ3v) is 4.75. The van der Waals surface area contributed by atoms with Crippen LogP contribution in [0.5, 0.6) is 11.6 Å². The molecule has 4 rings (SSSR count). The lowest BCUT2D eigenvalue weighted by molar-refractivity contribution is -0.137. The van der Waals surface area contributed by atoms with E-state index >= 15 is 0 Å². The number of aromatic nitrogens is 3. The lowest BCUT2D eigenvalue weighted by Crippen LogP contribution is -2.22. The van der Waals surface area contributed by atoms with Gasteiger partial charge in [-0.15, -0.1) is 11.3 Å². The number of imidazole rings is 1. The largest absolute Gasteiger partial charge is 0.439 e. The fourth-order valence-corrected chi connectivity index (χ4v) is 3.26. The minimum atomic E-state index is -4.45. The highest BCUT2D eigenvalue weighted by atomic mass is 32.1. The van der Waals surface area contributed by atoms with Gasteiger partial charge in [0.1, 0.15) is 5.75 Å². The molecule has 10 heteroatoms. The van der Waals surface area contributed by atoms with Crippen LogP contribution in [0.4, 0.5) is 13.2 Å². The number of pyridine rings is 1. The van der Waals surface area contributed by atoms with E-state index in [4.69, 9.17) is 4.74 Å². The summed E-state index contributed by atoms with van der Waals surface area (Å²) in [5, 5.41) is 4.71. The molecule has 3 aromatic heterocycles. The Morgan fingerprint density at radius 1 is 1.17 bits per heavy atom. The van der Waals surface area contributed by atoms with Gasteiger partial charge < -0.3 is 10.1 Å². The van der Waals surface area contributed by atoms with E-state index in [0.29, 0.717) is 24.1 Å². The summed E-state index contributed by atoms with van der Waals surface area (Å²) in [6.07, 6.45) is -0.00728. The zero-order chi connectivity index (χ0) is 20.4. The molecule has 3 heterocycles. The lowest BCUT2D eigenvalue weighted by atomic mass is 10.2. The third-order valence-electron chi connectivity index (χ3n) is 3.98. The van der Waals surface area contributed by atoms with Crippen LogP contribution < -0.4 is 10.1 Å². The van der Waals surface area contributed by atoms with E-state index in [1.54, 1.807) is 24.3 Å². The number of hydrogen-bond donors (Lipinski definition) is 1. The summed E-state index contributed by atoms with van der Waals surface area (Å²) in [6.45, 7) is 0.293. The van der Waals surface area contributed by atoms with Crippen LogP contribution in [0, 0.1) is 0 Å². The van der Waals surface area contributed by atoms with Crippen LogP contribution in [0.15, 0.2) is 60.4 Å². The smallest absolute Gasteiger partial charge is 0.417 e. The normalized spacial score (nSPS) is 11.6. The summed E-state index contributed by atoms with van der Waals surface area (Å²) in [7, 11) is 0. The number of thiazole rings is 1. The quantitative estimate of drug-likeness (QED) is 0.517. The maximum Gasteiger partial charge on any atom is 0.417 e. The van der Waals surface area contributed by atoms with E-state index in [2.05, 4.69) is 15.3 Å². The van der Waals surface area contributed by atoms with Crippen LogP contribution >= 0.6 is 11.3 Å². The Labute approximate surface area is 166 Å². The SMILES string of the molecule is O=C(NCc1cn2ccsc2n1)c1ccc(Oc2ccc(C(F)(F)F)cn2)cc1. The van der Waals surface area contributed by atoms with Crippen LogP contribution in [0.3, 0.4) is 0 Å². The second kappa shape index (κ2) is 7.55. The van der Waals surface area contributed by atoms with Crippen molar-refractivity contribution in [3.8, 4) is 11.6 Å². The van der Waals surface area contributed by atoms with Crippen molar-refractivity contribution < 1.29 is 22.7 Å². The first kappa shape index (κ1) is 18.9. The molecule has 6 nitrogen and oxygen atoms in total. The van der Waals surface area contributed by atoms with Gasteiger partial charge in [-0.3, -0.25) is 9.20 Å². The van der Waals surface area contributed by atoms with Crippen LogP contribution in [-0.2, 0) is 12.7 Å². The number of hydrogen-bond acceptors (Lipinski definition) is 5. The molecule has 0 bridgehead atoms. The Morgan fingerprint density at radius 3 is 2.62 bits per heavy atom. The molecule has 0 spiro atoms. The minimum Gasteiger partial charge on any atom is -0.439 e.